The molecule has 0 aromatic carbocycles. The third kappa shape index (κ3) is 2.85. The number of thiophene rings is 1. The van der Waals surface area contributed by atoms with Crippen LogP contribution >= 0.6 is 38.9 Å². The number of rotatable bonds is 3. The summed E-state index contributed by atoms with van der Waals surface area (Å²) in [6.45, 7) is 1.83. The zero-order chi connectivity index (χ0) is 13.3. The lowest BCUT2D eigenvalue weighted by Crippen LogP contribution is -2.12. The van der Waals surface area contributed by atoms with Gasteiger partial charge in [0.15, 0.2) is 5.82 Å². The molecule has 0 amide bonds. The molecule has 0 unspecified atom stereocenters. The summed E-state index contributed by atoms with van der Waals surface area (Å²) in [6.07, 6.45) is 1.47. The van der Waals surface area contributed by atoms with E-state index in [-0.39, 0.29) is 15.0 Å². The fraction of sp³-hybridized carbons (Fsp3) is 0.100. The molecule has 2 heterocycles. The monoisotopic (exact) mass is 366 g/mol. The van der Waals surface area contributed by atoms with Crippen molar-refractivity contribution in [3.8, 4) is 0 Å². The summed E-state index contributed by atoms with van der Waals surface area (Å²) in [6, 6.07) is 4.79. The Morgan fingerprint density at radius 3 is 2.78 bits per heavy atom. The first kappa shape index (κ1) is 13.8. The number of aromatic nitrogens is 1. The van der Waals surface area contributed by atoms with Crippen molar-refractivity contribution in [3.63, 3.8) is 0 Å². The second-order valence-electron chi connectivity index (χ2n) is 3.46. The standard InChI is InChI=1S/C10H8BrClN2O2S2/c1-6-5-8(17-9(6)11)18(15,16)14-10-7(12)3-2-4-13-10/h2-5H,1H3,(H,13,14). The topological polar surface area (TPSA) is 59.1 Å². The lowest BCUT2D eigenvalue weighted by molar-refractivity contribution is 0.603. The summed E-state index contributed by atoms with van der Waals surface area (Å²) in [5.41, 5.74) is 0.868. The van der Waals surface area contributed by atoms with Crippen LogP contribution in [0.4, 0.5) is 5.82 Å². The Morgan fingerprint density at radius 2 is 2.22 bits per heavy atom. The molecule has 2 rings (SSSR count). The number of nitrogens with zero attached hydrogens (tertiary/aromatic N) is 1. The predicted octanol–water partition coefficient (Wildman–Crippen LogP) is 3.67. The Morgan fingerprint density at radius 1 is 1.50 bits per heavy atom. The van der Waals surface area contributed by atoms with Crippen molar-refractivity contribution in [2.75, 3.05) is 4.72 Å². The molecule has 96 valence electrons. The second-order valence-corrected chi connectivity index (χ2v) is 8.15. The molecule has 0 aliphatic rings. The van der Waals surface area contributed by atoms with Crippen LogP contribution in [-0.2, 0) is 10.0 Å². The molecule has 0 saturated carbocycles. The van der Waals surface area contributed by atoms with Crippen molar-refractivity contribution in [1.29, 1.82) is 0 Å². The summed E-state index contributed by atoms with van der Waals surface area (Å²) < 4.78 is 27.6. The Kier molecular flexibility index (Phi) is 3.96. The van der Waals surface area contributed by atoms with Crippen molar-refractivity contribution < 1.29 is 8.42 Å². The Bertz CT molecular complexity index is 665. The van der Waals surface area contributed by atoms with Gasteiger partial charge >= 0.3 is 0 Å². The van der Waals surface area contributed by atoms with Crippen molar-refractivity contribution in [2.24, 2.45) is 0 Å². The molecule has 1 N–H and O–H groups in total. The summed E-state index contributed by atoms with van der Waals surface area (Å²) >= 11 is 10.3. The number of anilines is 1. The van der Waals surface area contributed by atoms with E-state index in [9.17, 15) is 8.42 Å². The molecule has 8 heteroatoms. The number of hydrogen-bond donors (Lipinski definition) is 1. The molecule has 0 aliphatic carbocycles. The van der Waals surface area contributed by atoms with E-state index in [0.717, 1.165) is 20.7 Å². The molecule has 2 aromatic rings. The minimum absolute atomic E-state index is 0.126. The Balaban J connectivity index is 2.36. The van der Waals surface area contributed by atoms with Crippen molar-refractivity contribution in [3.05, 3.63) is 38.8 Å². The van der Waals surface area contributed by atoms with Crippen molar-refractivity contribution in [1.82, 2.24) is 4.98 Å². The van der Waals surface area contributed by atoms with Gasteiger partial charge in [0.05, 0.1) is 8.81 Å². The molecule has 0 bridgehead atoms. The minimum Gasteiger partial charge on any atom is -0.261 e. The molecule has 2 aromatic heterocycles. The van der Waals surface area contributed by atoms with Crippen LogP contribution in [0, 0.1) is 6.92 Å². The summed E-state index contributed by atoms with van der Waals surface area (Å²) in [5.74, 6) is 0.126. The summed E-state index contributed by atoms with van der Waals surface area (Å²) in [4.78, 5) is 3.89. The highest BCUT2D eigenvalue weighted by Gasteiger charge is 2.19. The SMILES string of the molecule is Cc1cc(S(=O)(=O)Nc2ncccc2Cl)sc1Br. The number of halogens is 2. The zero-order valence-corrected chi connectivity index (χ0v) is 13.1. The maximum Gasteiger partial charge on any atom is 0.272 e. The van der Waals surface area contributed by atoms with Gasteiger partial charge in [0.2, 0.25) is 0 Å². The maximum atomic E-state index is 12.1. The lowest BCUT2D eigenvalue weighted by atomic mass is 10.4. The molecular weight excluding hydrogens is 360 g/mol. The van der Waals surface area contributed by atoms with Crippen LogP contribution in [-0.4, -0.2) is 13.4 Å². The zero-order valence-electron chi connectivity index (χ0n) is 9.15. The second kappa shape index (κ2) is 5.16. The van der Waals surface area contributed by atoms with Crippen LogP contribution in [0.25, 0.3) is 0 Å². The molecule has 0 radical (unpaired) electrons. The third-order valence-corrected chi connectivity index (χ3v) is 6.34. The van der Waals surface area contributed by atoms with Gasteiger partial charge in [-0.2, -0.15) is 0 Å². The molecule has 0 spiro atoms. The number of sulfonamides is 1. The number of hydrogen-bond acceptors (Lipinski definition) is 4. The Hall–Kier alpha value is -0.630. The molecular formula is C10H8BrClN2O2S2. The highest BCUT2D eigenvalue weighted by molar-refractivity contribution is 9.11. The van der Waals surface area contributed by atoms with E-state index in [1.165, 1.54) is 6.20 Å². The number of aryl methyl sites for hydroxylation is 1. The summed E-state index contributed by atoms with van der Waals surface area (Å²) in [5, 5.41) is 0.258. The molecule has 0 aliphatic heterocycles. The molecule has 0 atom stereocenters. The van der Waals surface area contributed by atoms with E-state index in [0.29, 0.717) is 0 Å². The highest BCUT2D eigenvalue weighted by atomic mass is 79.9. The average Bonchev–Trinajstić information content (AvgIpc) is 2.63. The van der Waals surface area contributed by atoms with Crippen LogP contribution < -0.4 is 4.72 Å². The average molecular weight is 368 g/mol. The quantitative estimate of drug-likeness (QED) is 0.900. The summed E-state index contributed by atoms with van der Waals surface area (Å²) in [7, 11) is -3.65. The largest absolute Gasteiger partial charge is 0.272 e. The van der Waals surface area contributed by atoms with E-state index >= 15 is 0 Å². The molecule has 0 fully saturated rings. The first-order valence-electron chi connectivity index (χ1n) is 4.79. The van der Waals surface area contributed by atoms with Gasteiger partial charge in [-0.25, -0.2) is 13.4 Å². The first-order chi connectivity index (χ1) is 8.40. The smallest absolute Gasteiger partial charge is 0.261 e. The van der Waals surface area contributed by atoms with E-state index in [1.54, 1.807) is 18.2 Å². The number of nitrogens with one attached hydrogen (secondary N) is 1. The van der Waals surface area contributed by atoms with Gasteiger partial charge in [-0.15, -0.1) is 11.3 Å². The Labute approximate surface area is 122 Å². The van der Waals surface area contributed by atoms with Crippen LogP contribution in [0.15, 0.2) is 32.4 Å². The van der Waals surface area contributed by atoms with Gasteiger partial charge in [0, 0.05) is 6.20 Å². The van der Waals surface area contributed by atoms with Crippen molar-refractivity contribution >= 4 is 54.7 Å². The van der Waals surface area contributed by atoms with Crippen molar-refractivity contribution in [2.45, 2.75) is 11.1 Å². The van der Waals surface area contributed by atoms with Crippen LogP contribution in [0.1, 0.15) is 5.56 Å². The highest BCUT2D eigenvalue weighted by Crippen LogP contribution is 2.32. The van der Waals surface area contributed by atoms with Gasteiger partial charge in [-0.3, -0.25) is 4.72 Å². The van der Waals surface area contributed by atoms with Crippen LogP contribution in [0.5, 0.6) is 0 Å². The van der Waals surface area contributed by atoms with Gasteiger partial charge in [-0.1, -0.05) is 11.6 Å². The fourth-order valence-electron chi connectivity index (χ4n) is 1.20. The van der Waals surface area contributed by atoms with Gasteiger partial charge in [0.25, 0.3) is 10.0 Å². The third-order valence-electron chi connectivity index (χ3n) is 2.09. The van der Waals surface area contributed by atoms with Gasteiger partial charge in [-0.05, 0) is 46.6 Å². The van der Waals surface area contributed by atoms with Crippen LogP contribution in [0.3, 0.4) is 0 Å². The maximum absolute atomic E-state index is 12.1. The first-order valence-corrected chi connectivity index (χ1v) is 8.26. The van der Waals surface area contributed by atoms with Gasteiger partial charge in [0.1, 0.15) is 4.21 Å². The predicted molar refractivity (Wildman–Crippen MR) is 76.8 cm³/mol. The van der Waals surface area contributed by atoms with Gasteiger partial charge < -0.3 is 0 Å². The molecule has 18 heavy (non-hydrogen) atoms. The van der Waals surface area contributed by atoms with E-state index in [4.69, 9.17) is 11.6 Å². The molecule has 4 nitrogen and oxygen atoms in total. The lowest BCUT2D eigenvalue weighted by Gasteiger charge is -2.06. The minimum atomic E-state index is -3.65. The van der Waals surface area contributed by atoms with E-state index in [2.05, 4.69) is 25.6 Å². The molecule has 0 saturated heterocycles. The van der Waals surface area contributed by atoms with E-state index < -0.39 is 10.0 Å². The van der Waals surface area contributed by atoms with Crippen LogP contribution in [0.2, 0.25) is 5.02 Å². The van der Waals surface area contributed by atoms with E-state index in [1.807, 2.05) is 6.92 Å². The normalized spacial score (nSPS) is 11.5. The number of pyridine rings is 1. The fourth-order valence-corrected chi connectivity index (χ4v) is 4.68.